The van der Waals surface area contributed by atoms with Gasteiger partial charge in [-0.05, 0) is 45.4 Å². The van der Waals surface area contributed by atoms with Gasteiger partial charge in [0.25, 0.3) is 5.91 Å². The molecule has 0 atom stereocenters. The molecule has 0 aliphatic rings. The number of amides is 1. The first-order valence-electron chi connectivity index (χ1n) is 8.82. The maximum atomic E-state index is 13.3. The summed E-state index contributed by atoms with van der Waals surface area (Å²) in [6.07, 6.45) is 1.71. The number of allylic oxidation sites excluding steroid dienone is 1. The van der Waals surface area contributed by atoms with Crippen molar-refractivity contribution in [3.63, 3.8) is 0 Å². The zero-order chi connectivity index (χ0) is 19.3. The van der Waals surface area contributed by atoms with Crippen LogP contribution in [0, 0.1) is 13.8 Å². The number of nitrogens with zero attached hydrogens (tertiary/aromatic N) is 2. The molecule has 0 radical (unpaired) electrons. The van der Waals surface area contributed by atoms with Gasteiger partial charge in [0.15, 0.2) is 0 Å². The van der Waals surface area contributed by atoms with Gasteiger partial charge >= 0.3 is 5.97 Å². The highest BCUT2D eigenvalue weighted by molar-refractivity contribution is 6.09. The SMILES string of the molecule is C=CCn1c(C)c(C(=O)N(CC)c2ccccc2)c(C)c1C(=O)OCC. The molecule has 1 amide bonds. The Hall–Kier alpha value is -2.82. The minimum absolute atomic E-state index is 0.123. The summed E-state index contributed by atoms with van der Waals surface area (Å²) in [5.74, 6) is -0.543. The van der Waals surface area contributed by atoms with E-state index >= 15 is 0 Å². The van der Waals surface area contributed by atoms with Crippen molar-refractivity contribution in [2.45, 2.75) is 34.2 Å². The maximum Gasteiger partial charge on any atom is 0.355 e. The number of aromatic nitrogens is 1. The largest absolute Gasteiger partial charge is 0.461 e. The van der Waals surface area contributed by atoms with E-state index in [1.54, 1.807) is 29.4 Å². The average Bonchev–Trinajstić information content (AvgIpc) is 2.87. The number of esters is 1. The molecular formula is C21H26N2O3. The van der Waals surface area contributed by atoms with Crippen LogP contribution in [0.3, 0.4) is 0 Å². The van der Waals surface area contributed by atoms with Gasteiger partial charge in [-0.3, -0.25) is 4.79 Å². The molecule has 1 aromatic carbocycles. The van der Waals surface area contributed by atoms with Crippen LogP contribution in [0.25, 0.3) is 0 Å². The Morgan fingerprint density at radius 3 is 2.38 bits per heavy atom. The highest BCUT2D eigenvalue weighted by atomic mass is 16.5. The van der Waals surface area contributed by atoms with Crippen LogP contribution in [0.2, 0.25) is 0 Å². The number of carbonyl (C=O) groups excluding carboxylic acids is 2. The summed E-state index contributed by atoms with van der Waals surface area (Å²) in [6, 6.07) is 9.52. The van der Waals surface area contributed by atoms with Crippen LogP contribution in [0.4, 0.5) is 5.69 Å². The molecule has 26 heavy (non-hydrogen) atoms. The number of ether oxygens (including phenoxy) is 1. The van der Waals surface area contributed by atoms with E-state index in [-0.39, 0.29) is 12.5 Å². The summed E-state index contributed by atoms with van der Waals surface area (Å²) in [6.45, 7) is 12.4. The number of anilines is 1. The number of rotatable bonds is 7. The normalized spacial score (nSPS) is 10.5. The van der Waals surface area contributed by atoms with Crippen LogP contribution in [0.15, 0.2) is 43.0 Å². The van der Waals surface area contributed by atoms with Crippen LogP contribution in [-0.4, -0.2) is 29.6 Å². The number of hydrogen-bond donors (Lipinski definition) is 0. The second-order valence-corrected chi connectivity index (χ2v) is 5.94. The van der Waals surface area contributed by atoms with Crippen molar-refractivity contribution in [2.75, 3.05) is 18.1 Å². The summed E-state index contributed by atoms with van der Waals surface area (Å²) in [4.78, 5) is 27.5. The Kier molecular flexibility index (Phi) is 6.39. The van der Waals surface area contributed by atoms with Crippen molar-refractivity contribution in [1.82, 2.24) is 4.57 Å². The minimum atomic E-state index is -0.420. The first kappa shape index (κ1) is 19.5. The monoisotopic (exact) mass is 354 g/mol. The zero-order valence-electron chi connectivity index (χ0n) is 15.9. The molecule has 1 aromatic heterocycles. The highest BCUT2D eigenvalue weighted by Crippen LogP contribution is 2.27. The van der Waals surface area contributed by atoms with Crippen LogP contribution in [-0.2, 0) is 11.3 Å². The molecule has 2 rings (SSSR count). The molecule has 5 nitrogen and oxygen atoms in total. The van der Waals surface area contributed by atoms with E-state index in [0.29, 0.717) is 29.9 Å². The molecule has 0 unspecified atom stereocenters. The van der Waals surface area contributed by atoms with Gasteiger partial charge in [-0.2, -0.15) is 0 Å². The Morgan fingerprint density at radius 1 is 1.19 bits per heavy atom. The molecule has 0 fully saturated rings. The lowest BCUT2D eigenvalue weighted by molar-refractivity contribution is 0.0513. The number of carbonyl (C=O) groups is 2. The van der Waals surface area contributed by atoms with Crippen LogP contribution in [0.1, 0.15) is 46.0 Å². The lowest BCUT2D eigenvalue weighted by atomic mass is 10.1. The minimum Gasteiger partial charge on any atom is -0.461 e. The number of benzene rings is 1. The second-order valence-electron chi connectivity index (χ2n) is 5.94. The Balaban J connectivity index is 2.58. The quantitative estimate of drug-likeness (QED) is 0.555. The summed E-state index contributed by atoms with van der Waals surface area (Å²) >= 11 is 0. The van der Waals surface area contributed by atoms with E-state index in [0.717, 1.165) is 11.4 Å². The third kappa shape index (κ3) is 3.57. The van der Waals surface area contributed by atoms with Crippen LogP contribution < -0.4 is 4.90 Å². The predicted molar refractivity (Wildman–Crippen MR) is 104 cm³/mol. The van der Waals surface area contributed by atoms with Crippen molar-refractivity contribution < 1.29 is 14.3 Å². The molecule has 138 valence electrons. The molecule has 0 bridgehead atoms. The lowest BCUT2D eigenvalue weighted by Gasteiger charge is -2.21. The first-order chi connectivity index (χ1) is 12.5. The van der Waals surface area contributed by atoms with Gasteiger partial charge in [0.05, 0.1) is 12.2 Å². The van der Waals surface area contributed by atoms with Gasteiger partial charge in [-0.15, -0.1) is 6.58 Å². The maximum absolute atomic E-state index is 13.3. The summed E-state index contributed by atoms with van der Waals surface area (Å²) in [5.41, 5.74) is 3.16. The van der Waals surface area contributed by atoms with Crippen LogP contribution in [0.5, 0.6) is 0 Å². The molecule has 0 aliphatic carbocycles. The predicted octanol–water partition coefficient (Wildman–Crippen LogP) is 4.13. The molecule has 0 saturated carbocycles. The molecule has 0 spiro atoms. The highest BCUT2D eigenvalue weighted by Gasteiger charge is 2.29. The Bertz CT molecular complexity index is 806. The van der Waals surface area contributed by atoms with Crippen molar-refractivity contribution in [3.05, 3.63) is 65.5 Å². The molecular weight excluding hydrogens is 328 g/mol. The van der Waals surface area contributed by atoms with E-state index in [1.165, 1.54) is 0 Å². The zero-order valence-corrected chi connectivity index (χ0v) is 15.9. The summed E-state index contributed by atoms with van der Waals surface area (Å²) in [7, 11) is 0. The van der Waals surface area contributed by atoms with Gasteiger partial charge < -0.3 is 14.2 Å². The van der Waals surface area contributed by atoms with Crippen LogP contribution >= 0.6 is 0 Å². The second kappa shape index (κ2) is 8.52. The van der Waals surface area contributed by atoms with Gasteiger partial charge in [0.1, 0.15) is 5.69 Å². The third-order valence-corrected chi connectivity index (χ3v) is 4.39. The van der Waals surface area contributed by atoms with E-state index in [9.17, 15) is 9.59 Å². The fourth-order valence-corrected chi connectivity index (χ4v) is 3.22. The fraction of sp³-hybridized carbons (Fsp3) is 0.333. The Labute approximate surface area is 154 Å². The van der Waals surface area contributed by atoms with Gasteiger partial charge in [-0.1, -0.05) is 24.3 Å². The number of hydrogen-bond acceptors (Lipinski definition) is 3. The average molecular weight is 354 g/mol. The topological polar surface area (TPSA) is 51.5 Å². The van der Waals surface area contributed by atoms with Crippen molar-refractivity contribution in [2.24, 2.45) is 0 Å². The molecule has 1 heterocycles. The molecule has 5 heteroatoms. The van der Waals surface area contributed by atoms with Crippen molar-refractivity contribution in [1.29, 1.82) is 0 Å². The van der Waals surface area contributed by atoms with Crippen molar-refractivity contribution >= 4 is 17.6 Å². The van der Waals surface area contributed by atoms with E-state index in [1.807, 2.05) is 44.2 Å². The van der Waals surface area contributed by atoms with Crippen molar-refractivity contribution in [3.8, 4) is 0 Å². The summed E-state index contributed by atoms with van der Waals surface area (Å²) in [5, 5.41) is 0. The standard InChI is InChI=1S/C21H26N2O3/c1-6-14-23-16(5)18(15(4)19(23)21(25)26-8-3)20(24)22(7-2)17-12-10-9-11-13-17/h6,9-13H,1,7-8,14H2,2-5H3. The number of para-hydroxylation sites is 1. The fourth-order valence-electron chi connectivity index (χ4n) is 3.22. The van der Waals surface area contributed by atoms with E-state index in [2.05, 4.69) is 6.58 Å². The van der Waals surface area contributed by atoms with Gasteiger partial charge in [0, 0.05) is 24.5 Å². The molecule has 0 saturated heterocycles. The van der Waals surface area contributed by atoms with E-state index in [4.69, 9.17) is 4.74 Å². The van der Waals surface area contributed by atoms with Gasteiger partial charge in [-0.25, -0.2) is 4.79 Å². The van der Waals surface area contributed by atoms with E-state index < -0.39 is 5.97 Å². The lowest BCUT2D eigenvalue weighted by Crippen LogP contribution is -2.31. The van der Waals surface area contributed by atoms with Gasteiger partial charge in [0.2, 0.25) is 0 Å². The Morgan fingerprint density at radius 2 is 1.85 bits per heavy atom. The smallest absolute Gasteiger partial charge is 0.355 e. The third-order valence-electron chi connectivity index (χ3n) is 4.39. The molecule has 0 aliphatic heterocycles. The molecule has 0 N–H and O–H groups in total. The first-order valence-corrected chi connectivity index (χ1v) is 8.82. The molecule has 2 aromatic rings. The summed E-state index contributed by atoms with van der Waals surface area (Å²) < 4.78 is 6.99.